The molecule has 1 aliphatic heterocycles. The average Bonchev–Trinajstić information content (AvgIpc) is 3.30. The first-order chi connectivity index (χ1) is 15.4. The summed E-state index contributed by atoms with van der Waals surface area (Å²) in [5.74, 6) is -0.927. The molecule has 3 heterocycles. The number of hydrogen-bond acceptors (Lipinski definition) is 7. The van der Waals surface area contributed by atoms with Gasteiger partial charge in [-0.25, -0.2) is 0 Å². The van der Waals surface area contributed by atoms with Crippen molar-refractivity contribution in [1.29, 1.82) is 0 Å². The number of nitrogens with one attached hydrogen (secondary N) is 2. The van der Waals surface area contributed by atoms with E-state index in [0.717, 1.165) is 16.8 Å². The monoisotopic (exact) mass is 436 g/mol. The first kappa shape index (κ1) is 21.4. The Labute approximate surface area is 184 Å². The number of rotatable bonds is 8. The zero-order valence-electron chi connectivity index (χ0n) is 17.8. The van der Waals surface area contributed by atoms with Gasteiger partial charge in [-0.1, -0.05) is 31.2 Å². The van der Waals surface area contributed by atoms with E-state index in [2.05, 4.69) is 30.9 Å². The fraction of sp³-hybridized carbons (Fsp3) is 0.364. The smallest absolute Gasteiger partial charge is 0.307 e. The molecule has 3 aromatic rings. The fourth-order valence-corrected chi connectivity index (χ4v) is 3.89. The van der Waals surface area contributed by atoms with Crippen molar-refractivity contribution in [2.45, 2.75) is 32.6 Å². The Morgan fingerprint density at radius 3 is 2.75 bits per heavy atom. The van der Waals surface area contributed by atoms with Crippen LogP contribution in [0.1, 0.15) is 37.6 Å². The lowest BCUT2D eigenvalue weighted by atomic mass is 9.81. The van der Waals surface area contributed by atoms with Crippen molar-refractivity contribution >= 4 is 17.6 Å². The van der Waals surface area contributed by atoms with Crippen LogP contribution in [-0.4, -0.2) is 49.2 Å². The van der Waals surface area contributed by atoms with Gasteiger partial charge in [-0.05, 0) is 42.5 Å². The number of anilines is 1. The van der Waals surface area contributed by atoms with E-state index >= 15 is 0 Å². The molecule has 2 atom stereocenters. The van der Waals surface area contributed by atoms with Crippen molar-refractivity contribution in [3.8, 4) is 17.0 Å². The molecule has 0 bridgehead atoms. The van der Waals surface area contributed by atoms with Crippen molar-refractivity contribution in [3.05, 3.63) is 47.9 Å². The summed E-state index contributed by atoms with van der Waals surface area (Å²) in [4.78, 5) is 28.0. The van der Waals surface area contributed by atoms with E-state index in [1.807, 2.05) is 38.1 Å². The van der Waals surface area contributed by atoms with Crippen LogP contribution < -0.4 is 10.1 Å². The molecule has 0 saturated heterocycles. The number of aromatic amines is 1. The van der Waals surface area contributed by atoms with Gasteiger partial charge >= 0.3 is 5.97 Å². The Bertz CT molecular complexity index is 1100. The minimum absolute atomic E-state index is 0.0125. The minimum atomic E-state index is -0.876. The maximum absolute atomic E-state index is 12.0. The van der Waals surface area contributed by atoms with E-state index in [-0.39, 0.29) is 18.4 Å². The largest absolute Gasteiger partial charge is 0.482 e. The Balaban J connectivity index is 1.56. The van der Waals surface area contributed by atoms with Crippen molar-refractivity contribution in [3.63, 3.8) is 0 Å². The van der Waals surface area contributed by atoms with Crippen molar-refractivity contribution in [1.82, 2.24) is 25.6 Å². The molecule has 0 unspecified atom stereocenters. The number of carboxylic acid groups (broad SMARTS) is 1. The molecular weight excluding hydrogens is 412 g/mol. The third-order valence-corrected chi connectivity index (χ3v) is 5.41. The van der Waals surface area contributed by atoms with E-state index in [4.69, 9.17) is 4.74 Å². The molecule has 166 valence electrons. The zero-order chi connectivity index (χ0) is 22.7. The van der Waals surface area contributed by atoms with Crippen molar-refractivity contribution in [2.75, 3.05) is 11.9 Å². The molecule has 0 fully saturated rings. The molecule has 10 nitrogen and oxygen atoms in total. The number of carboxylic acids is 1. The Hall–Kier alpha value is -3.82. The molecule has 1 aliphatic rings. The molecule has 0 aliphatic carbocycles. The second kappa shape index (κ2) is 9.13. The Kier molecular flexibility index (Phi) is 6.11. The summed E-state index contributed by atoms with van der Waals surface area (Å²) in [6, 6.07) is 9.28. The van der Waals surface area contributed by atoms with Gasteiger partial charge in [0.15, 0.2) is 12.4 Å². The molecule has 1 amide bonds. The minimum Gasteiger partial charge on any atom is -0.482 e. The van der Waals surface area contributed by atoms with Crippen LogP contribution in [0.25, 0.3) is 11.3 Å². The number of carbonyl (C=O) groups excluding carboxylic acids is 1. The first-order valence-corrected chi connectivity index (χ1v) is 10.4. The molecule has 0 radical (unpaired) electrons. The van der Waals surface area contributed by atoms with Gasteiger partial charge in [0, 0.05) is 17.7 Å². The number of amides is 1. The molecule has 2 aromatic heterocycles. The number of benzene rings is 1. The molecule has 4 rings (SSSR count). The second-order valence-corrected chi connectivity index (χ2v) is 8.25. The fourth-order valence-electron chi connectivity index (χ4n) is 3.89. The predicted octanol–water partition coefficient (Wildman–Crippen LogP) is 2.67. The lowest BCUT2D eigenvalue weighted by molar-refractivity contribution is -0.143. The maximum atomic E-state index is 12.0. The van der Waals surface area contributed by atoms with Gasteiger partial charge in [0.25, 0.3) is 5.91 Å². The van der Waals surface area contributed by atoms with Gasteiger partial charge in [0.2, 0.25) is 0 Å². The second-order valence-electron chi connectivity index (χ2n) is 8.25. The number of fused-ring (bicyclic) bond motifs is 1. The van der Waals surface area contributed by atoms with Crippen LogP contribution >= 0.6 is 0 Å². The lowest BCUT2D eigenvalue weighted by Gasteiger charge is -2.23. The average molecular weight is 436 g/mol. The number of ether oxygens (including phenoxy) is 1. The number of tetrazole rings is 1. The molecule has 0 spiro atoms. The molecule has 3 N–H and O–H groups in total. The number of H-pyrrole nitrogens is 1. The highest BCUT2D eigenvalue weighted by Crippen LogP contribution is 2.33. The topological polar surface area (TPSA) is 143 Å². The maximum Gasteiger partial charge on any atom is 0.307 e. The molecule has 10 heteroatoms. The number of hydrogen-bond donors (Lipinski definition) is 3. The van der Waals surface area contributed by atoms with Gasteiger partial charge in [-0.15, -0.1) is 10.2 Å². The van der Waals surface area contributed by atoms with E-state index < -0.39 is 17.8 Å². The van der Waals surface area contributed by atoms with Gasteiger partial charge in [0.05, 0.1) is 17.3 Å². The van der Waals surface area contributed by atoms with Crippen molar-refractivity contribution in [2.24, 2.45) is 11.8 Å². The molecule has 0 saturated carbocycles. The lowest BCUT2D eigenvalue weighted by Crippen LogP contribution is -2.26. The normalized spacial score (nSPS) is 14.9. The highest BCUT2D eigenvalue weighted by Gasteiger charge is 2.33. The zero-order valence-corrected chi connectivity index (χ0v) is 17.8. The quantitative estimate of drug-likeness (QED) is 0.489. The number of pyridine rings is 1. The summed E-state index contributed by atoms with van der Waals surface area (Å²) in [7, 11) is 0. The van der Waals surface area contributed by atoms with E-state index in [1.165, 1.54) is 0 Å². The summed E-state index contributed by atoms with van der Waals surface area (Å²) in [6.07, 6.45) is 2.67. The number of aromatic nitrogens is 5. The van der Waals surface area contributed by atoms with Gasteiger partial charge in [-0.2, -0.15) is 5.21 Å². The summed E-state index contributed by atoms with van der Waals surface area (Å²) >= 11 is 0. The van der Waals surface area contributed by atoms with Gasteiger partial charge in [-0.3, -0.25) is 14.6 Å². The Morgan fingerprint density at radius 1 is 1.25 bits per heavy atom. The number of aliphatic carboxylic acids is 1. The van der Waals surface area contributed by atoms with Crippen LogP contribution in [0.2, 0.25) is 0 Å². The Morgan fingerprint density at radius 2 is 2.09 bits per heavy atom. The van der Waals surface area contributed by atoms with E-state index in [1.54, 1.807) is 12.3 Å². The predicted molar refractivity (Wildman–Crippen MR) is 115 cm³/mol. The summed E-state index contributed by atoms with van der Waals surface area (Å²) in [5, 5.41) is 26.8. The third-order valence-electron chi connectivity index (χ3n) is 5.41. The highest BCUT2D eigenvalue weighted by molar-refractivity contribution is 5.95. The van der Waals surface area contributed by atoms with Crippen LogP contribution in [0.5, 0.6) is 5.75 Å². The number of nitrogens with zero attached hydrogens (tertiary/aromatic N) is 4. The summed E-state index contributed by atoms with van der Waals surface area (Å²) in [6.45, 7) is 3.97. The van der Waals surface area contributed by atoms with Crippen molar-refractivity contribution < 1.29 is 19.4 Å². The van der Waals surface area contributed by atoms with Crippen LogP contribution in [0.15, 0.2) is 36.5 Å². The third kappa shape index (κ3) is 4.74. The van der Waals surface area contributed by atoms with Gasteiger partial charge < -0.3 is 15.2 Å². The summed E-state index contributed by atoms with van der Waals surface area (Å²) in [5.41, 5.74) is 3.10. The van der Waals surface area contributed by atoms with Crippen LogP contribution in [0, 0.1) is 11.8 Å². The van der Waals surface area contributed by atoms with Gasteiger partial charge in [0.1, 0.15) is 5.75 Å². The first-order valence-electron chi connectivity index (χ1n) is 10.4. The van der Waals surface area contributed by atoms with Crippen LogP contribution in [0.4, 0.5) is 5.69 Å². The standard InChI is InChI=1S/C22H24N6O4/c1-12(2)7-16(22(30)31)15(21-25-27-28-26-21)8-13-3-5-17(23-10-13)14-4-6-18-19(9-14)32-11-20(29)24-18/h3-6,9-10,12,15-16H,7-8,11H2,1-2H3,(H,24,29)(H,30,31)(H,25,26,27,28)/t15-,16-/m0/s1. The molecule has 1 aromatic carbocycles. The van der Waals surface area contributed by atoms with Crippen LogP contribution in [-0.2, 0) is 16.0 Å². The number of carbonyl (C=O) groups is 2. The molecular formula is C22H24N6O4. The highest BCUT2D eigenvalue weighted by atomic mass is 16.5. The SMILES string of the molecule is CC(C)C[C@H](C(=O)O)[C@H](Cc1ccc(-c2ccc3c(c2)OCC(=O)N3)nc1)c1nn[nH]n1. The van der Waals surface area contributed by atoms with E-state index in [0.29, 0.717) is 30.1 Å². The molecule has 32 heavy (non-hydrogen) atoms. The van der Waals surface area contributed by atoms with E-state index in [9.17, 15) is 14.7 Å². The summed E-state index contributed by atoms with van der Waals surface area (Å²) < 4.78 is 5.48. The van der Waals surface area contributed by atoms with Crippen LogP contribution in [0.3, 0.4) is 0 Å².